The first-order valence-electron chi connectivity index (χ1n) is 25.3. The van der Waals surface area contributed by atoms with Crippen molar-refractivity contribution in [2.24, 2.45) is 9.98 Å². The Labute approximate surface area is 464 Å². The van der Waals surface area contributed by atoms with Crippen LogP contribution in [0.1, 0.15) is 244 Å². The Morgan fingerprint density at radius 1 is 0.375 bits per heavy atom. The van der Waals surface area contributed by atoms with E-state index >= 15 is 0 Å². The van der Waals surface area contributed by atoms with Crippen molar-refractivity contribution in [3.05, 3.63) is 151 Å². The summed E-state index contributed by atoms with van der Waals surface area (Å²) in [7, 11) is 0. The van der Waals surface area contributed by atoms with Gasteiger partial charge >= 0.3 is 40.8 Å². The second-order valence-corrected chi connectivity index (χ2v) is 20.7. The molecule has 0 fully saturated rings. The molecule has 0 atom stereocenters. The fraction of sp³-hybridized carbons (Fsp3) is 0.484. The van der Waals surface area contributed by atoms with Crippen molar-refractivity contribution >= 4 is 46.1 Å². The van der Waals surface area contributed by atoms with Gasteiger partial charge in [0.2, 0.25) is 0 Å². The first-order chi connectivity index (χ1) is 32.5. The number of hydrogen-bond acceptors (Lipinski definition) is 6. The van der Waals surface area contributed by atoms with Crippen LogP contribution >= 0.6 is 0 Å². The van der Waals surface area contributed by atoms with E-state index in [1.807, 2.05) is 0 Å². The van der Waals surface area contributed by atoms with E-state index in [1.54, 1.807) is 0 Å². The summed E-state index contributed by atoms with van der Waals surface area (Å²) in [4.78, 5) is 27.9. The molecule has 0 amide bonds. The summed E-state index contributed by atoms with van der Waals surface area (Å²) in [6, 6.07) is 26.3. The maximum absolute atomic E-state index is 8.89. The maximum atomic E-state index is 8.89. The number of aliphatic carboxylic acids is 2. The first-order valence-corrected chi connectivity index (χ1v) is 25.3. The summed E-state index contributed by atoms with van der Waals surface area (Å²) in [5.74, 6) is 1.33. The van der Waals surface area contributed by atoms with E-state index in [0.29, 0.717) is 47.3 Å². The molecule has 0 aromatic heterocycles. The van der Waals surface area contributed by atoms with Crippen LogP contribution in [0.2, 0.25) is 0 Å². The number of carbonyl (C=O) groups is 2. The van der Waals surface area contributed by atoms with E-state index in [-0.39, 0.29) is 40.8 Å². The van der Waals surface area contributed by atoms with Gasteiger partial charge in [0.25, 0.3) is 0 Å². The molecule has 0 radical (unpaired) electrons. The van der Waals surface area contributed by atoms with Crippen LogP contribution in [0.5, 0.6) is 0 Å². The van der Waals surface area contributed by atoms with Crippen LogP contribution < -0.4 is 10.2 Å². The van der Waals surface area contributed by atoms with Gasteiger partial charge in [-0.05, 0) is 97.3 Å². The molecule has 72 heavy (non-hydrogen) atoms. The van der Waals surface area contributed by atoms with Crippen molar-refractivity contribution in [1.82, 2.24) is 0 Å². The molecule has 0 heterocycles. The van der Waals surface area contributed by atoms with Crippen molar-refractivity contribution in [2.45, 2.75) is 200 Å². The fourth-order valence-electron chi connectivity index (χ4n) is 8.00. The van der Waals surface area contributed by atoms with Crippen molar-refractivity contribution in [2.75, 3.05) is 0 Å². The van der Waals surface area contributed by atoms with Crippen LogP contribution in [0, 0.1) is 0 Å². The molecule has 8 nitrogen and oxygen atoms in total. The average molecular weight is 1170 g/mol. The number of aliphatic imine (C=N–C) groups is 2. The predicted octanol–water partition coefficient (Wildman–Crippen LogP) is 17.3. The van der Waals surface area contributed by atoms with E-state index in [2.05, 4.69) is 223 Å². The van der Waals surface area contributed by atoms with Crippen molar-refractivity contribution in [3.8, 4) is 0 Å². The quantitative estimate of drug-likeness (QED) is 0.0816. The minimum absolute atomic E-state index is 0. The van der Waals surface area contributed by atoms with E-state index in [1.165, 1.54) is 44.5 Å². The second-order valence-electron chi connectivity index (χ2n) is 20.7. The topological polar surface area (TPSA) is 133 Å². The molecule has 10 heteroatoms. The van der Waals surface area contributed by atoms with Gasteiger partial charge in [0.15, 0.2) is 0 Å². The van der Waals surface area contributed by atoms with Gasteiger partial charge in [0.05, 0.1) is 11.4 Å². The molecule has 400 valence electrons. The number of carbonyl (C=O) groups excluding carboxylic acids is 2. The molecule has 4 rings (SSSR count). The largest absolute Gasteiger partial charge is 2.00 e. The molecular formula is C62H88N4O4Pd2. The number of rotatable bonds is 16. The van der Waals surface area contributed by atoms with Gasteiger partial charge in [-0.15, -0.1) is 11.4 Å². The molecular weight excluding hydrogens is 1080 g/mol. The zero-order valence-electron chi connectivity index (χ0n) is 47.8. The Balaban J connectivity index is 0. The normalized spacial score (nSPS) is 12.0. The van der Waals surface area contributed by atoms with Gasteiger partial charge in [-0.3, -0.25) is 9.98 Å². The van der Waals surface area contributed by atoms with Crippen molar-refractivity contribution in [1.29, 1.82) is 0 Å². The number of nitrogens with zero attached hydrogens (tertiary/aromatic N) is 4. The van der Waals surface area contributed by atoms with Gasteiger partial charge in [0.1, 0.15) is 0 Å². The van der Waals surface area contributed by atoms with Gasteiger partial charge < -0.3 is 30.4 Å². The molecule has 4 aromatic carbocycles. The van der Waals surface area contributed by atoms with Crippen LogP contribution in [0.25, 0.3) is 10.6 Å². The molecule has 4 aromatic rings. The number of allylic oxidation sites excluding steroid dienone is 4. The summed E-state index contributed by atoms with van der Waals surface area (Å²) in [6.45, 7) is 46.1. The second kappa shape index (κ2) is 34.1. The van der Waals surface area contributed by atoms with E-state index in [0.717, 1.165) is 59.4 Å². The van der Waals surface area contributed by atoms with Gasteiger partial charge in [0, 0.05) is 23.4 Å². The van der Waals surface area contributed by atoms with Gasteiger partial charge in [-0.2, -0.15) is 11.4 Å². The molecule has 0 bridgehead atoms. The first kappa shape index (κ1) is 69.6. The Kier molecular flexibility index (Phi) is 33.0. The summed E-state index contributed by atoms with van der Waals surface area (Å²) in [5.41, 5.74) is 18.9. The molecule has 0 saturated carbocycles. The molecule has 0 aliphatic rings. The molecule has 0 saturated heterocycles. The number of carboxylic acid groups (broad SMARTS) is 2. The molecule has 0 aliphatic carbocycles. The number of hydrogen-bond donors (Lipinski definition) is 0. The monoisotopic (exact) mass is 1160 g/mol. The van der Waals surface area contributed by atoms with Gasteiger partial charge in [-0.25, -0.2) is 0 Å². The minimum Gasteiger partial charge on any atom is -0.661 e. The number of para-hydroxylation sites is 4. The third kappa shape index (κ3) is 23.6. The third-order valence-electron chi connectivity index (χ3n) is 11.4. The van der Waals surface area contributed by atoms with Crippen LogP contribution in [0.3, 0.4) is 0 Å². The molecule has 0 unspecified atom stereocenters. The molecule has 0 N–H and O–H groups in total. The van der Waals surface area contributed by atoms with Crippen molar-refractivity contribution < 1.29 is 60.6 Å². The zero-order chi connectivity index (χ0) is 53.7. The summed E-state index contributed by atoms with van der Waals surface area (Å²) in [6.07, 6.45) is 4.23. The Bertz CT molecular complexity index is 2160. The molecule has 0 spiro atoms. The standard InChI is InChI=1S/2C29H41N2.2C2H4O2.2Pd/c2*1-18(2)24-13-11-14-25(19(3)4)28(24)30-22(9)17-23(10)31-29-26(20(5)6)15-12-16-27(29)21(7)8;2*1-2(3)4;;/h2*11-21H,1-10H3;2*1H3,(H,3,4);;/q2*-1;;;2*+2/p-2/b2*22-17-,31-23?;;;;. The Morgan fingerprint density at radius 2 is 0.542 bits per heavy atom. The predicted molar refractivity (Wildman–Crippen MR) is 299 cm³/mol. The Hall–Kier alpha value is -4.44. The number of carboxylic acids is 2. The van der Waals surface area contributed by atoms with E-state index in [4.69, 9.17) is 40.4 Å². The maximum Gasteiger partial charge on any atom is 2.00 e. The zero-order valence-corrected chi connectivity index (χ0v) is 50.9. The van der Waals surface area contributed by atoms with E-state index in [9.17, 15) is 0 Å². The van der Waals surface area contributed by atoms with Crippen LogP contribution in [0.4, 0.5) is 22.7 Å². The smallest absolute Gasteiger partial charge is 0.661 e. The summed E-state index contributed by atoms with van der Waals surface area (Å²) in [5, 5.41) is 27.9. The average Bonchev–Trinajstić information content (AvgIpc) is 3.22. The van der Waals surface area contributed by atoms with E-state index < -0.39 is 11.9 Å². The SMILES string of the molecule is CC(/C=C(/C)[N-]c1c(C(C)C)cccc1C(C)C)=Nc1c(C(C)C)cccc1C(C)C.CC(/C=C(/C)[N-]c1c(C(C)C)cccc1C(C)C)=Nc1c(C(C)C)cccc1C(C)C.CC(=O)[O-].CC(=O)[O-].[Pd+2].[Pd+2]. The van der Waals surface area contributed by atoms with Gasteiger partial charge in [-0.1, -0.05) is 232 Å². The fourth-order valence-corrected chi connectivity index (χ4v) is 8.00. The van der Waals surface area contributed by atoms with Crippen LogP contribution in [-0.4, -0.2) is 23.4 Å². The van der Waals surface area contributed by atoms with Crippen molar-refractivity contribution in [3.63, 3.8) is 0 Å². The van der Waals surface area contributed by atoms with Crippen LogP contribution in [0.15, 0.2) is 106 Å². The molecule has 0 aliphatic heterocycles. The van der Waals surface area contributed by atoms with Crippen LogP contribution in [-0.2, 0) is 50.4 Å². The Morgan fingerprint density at radius 3 is 0.708 bits per heavy atom. The summed E-state index contributed by atoms with van der Waals surface area (Å²) < 4.78 is 0. The summed E-state index contributed by atoms with van der Waals surface area (Å²) >= 11 is 0. The number of benzene rings is 4. The third-order valence-corrected chi connectivity index (χ3v) is 11.4. The minimum atomic E-state index is -1.08.